The average molecular weight is 428 g/mol. The number of aromatic nitrogens is 2. The summed E-state index contributed by atoms with van der Waals surface area (Å²) >= 11 is 5.92. The van der Waals surface area contributed by atoms with Crippen LogP contribution in [-0.4, -0.2) is 42.8 Å². The van der Waals surface area contributed by atoms with E-state index in [1.165, 1.54) is 0 Å². The van der Waals surface area contributed by atoms with Crippen molar-refractivity contribution in [3.8, 4) is 17.1 Å². The maximum absolute atomic E-state index is 5.92. The molecular weight excluding hydrogens is 402 g/mol. The number of nitrogens with zero attached hydrogens (tertiary/aromatic N) is 3. The van der Waals surface area contributed by atoms with Crippen LogP contribution >= 0.6 is 11.6 Å². The first-order valence-corrected chi connectivity index (χ1v) is 10.3. The van der Waals surface area contributed by atoms with Gasteiger partial charge in [0, 0.05) is 30.1 Å². The summed E-state index contributed by atoms with van der Waals surface area (Å²) in [4.78, 5) is 9.02. The van der Waals surface area contributed by atoms with E-state index in [0.717, 1.165) is 42.3 Å². The molecule has 0 bridgehead atoms. The minimum absolute atomic E-state index is 0.534. The van der Waals surface area contributed by atoms with E-state index >= 15 is 0 Å². The summed E-state index contributed by atoms with van der Waals surface area (Å²) in [6.45, 7) is 4.09. The van der Waals surface area contributed by atoms with Crippen molar-refractivity contribution in [1.82, 2.24) is 20.8 Å². The lowest BCUT2D eigenvalue weighted by Crippen LogP contribution is -2.38. The second kappa shape index (κ2) is 11.2. The van der Waals surface area contributed by atoms with E-state index in [2.05, 4.69) is 31.8 Å². The SMILES string of the molecule is CCNC(=NCCc1nc(-c2ccc(Cl)cc2)no1)NCCc1ccccc1OC. The topological polar surface area (TPSA) is 84.6 Å². The Morgan fingerprint density at radius 3 is 2.67 bits per heavy atom. The van der Waals surface area contributed by atoms with Crippen LogP contribution in [0.3, 0.4) is 0 Å². The fraction of sp³-hybridized carbons (Fsp3) is 0.318. The fourth-order valence-corrected chi connectivity index (χ4v) is 3.03. The molecule has 0 radical (unpaired) electrons. The van der Waals surface area contributed by atoms with Crippen LogP contribution in [0.25, 0.3) is 11.4 Å². The summed E-state index contributed by atoms with van der Waals surface area (Å²) in [6, 6.07) is 15.4. The summed E-state index contributed by atoms with van der Waals surface area (Å²) in [6.07, 6.45) is 1.40. The molecule has 0 unspecified atom stereocenters. The van der Waals surface area contributed by atoms with Gasteiger partial charge < -0.3 is 19.9 Å². The third-order valence-corrected chi connectivity index (χ3v) is 4.64. The van der Waals surface area contributed by atoms with E-state index in [9.17, 15) is 0 Å². The van der Waals surface area contributed by atoms with Gasteiger partial charge in [-0.3, -0.25) is 4.99 Å². The van der Waals surface area contributed by atoms with E-state index in [1.54, 1.807) is 19.2 Å². The Morgan fingerprint density at radius 2 is 1.90 bits per heavy atom. The number of halogens is 1. The molecule has 0 amide bonds. The standard InChI is InChI=1S/C22H26ClN5O2/c1-3-24-22(25-14-12-16-6-4-5-7-19(16)29-2)26-15-13-20-27-21(28-30-20)17-8-10-18(23)11-9-17/h4-11H,3,12-15H2,1-2H3,(H2,24,25,26). The van der Waals surface area contributed by atoms with Gasteiger partial charge in [0.2, 0.25) is 11.7 Å². The minimum atomic E-state index is 0.534. The predicted octanol–water partition coefficient (Wildman–Crippen LogP) is 3.74. The number of aliphatic imine (C=N–C) groups is 1. The highest BCUT2D eigenvalue weighted by Crippen LogP contribution is 2.19. The van der Waals surface area contributed by atoms with E-state index < -0.39 is 0 Å². The molecule has 30 heavy (non-hydrogen) atoms. The molecule has 2 N–H and O–H groups in total. The van der Waals surface area contributed by atoms with Crippen molar-refractivity contribution in [1.29, 1.82) is 0 Å². The van der Waals surface area contributed by atoms with Gasteiger partial charge in [-0.25, -0.2) is 0 Å². The number of hydrogen-bond acceptors (Lipinski definition) is 5. The van der Waals surface area contributed by atoms with Crippen LogP contribution in [0.15, 0.2) is 58.0 Å². The summed E-state index contributed by atoms with van der Waals surface area (Å²) in [5.74, 6) is 2.75. The Bertz CT molecular complexity index is 956. The van der Waals surface area contributed by atoms with E-state index in [0.29, 0.717) is 29.7 Å². The zero-order valence-electron chi connectivity index (χ0n) is 17.2. The highest BCUT2D eigenvalue weighted by atomic mass is 35.5. The molecule has 0 aliphatic rings. The molecule has 0 aliphatic carbocycles. The zero-order valence-corrected chi connectivity index (χ0v) is 17.9. The first-order valence-electron chi connectivity index (χ1n) is 9.92. The Kier molecular flexibility index (Phi) is 8.09. The Hall–Kier alpha value is -3.06. The highest BCUT2D eigenvalue weighted by Gasteiger charge is 2.08. The van der Waals surface area contributed by atoms with Gasteiger partial charge in [-0.2, -0.15) is 4.98 Å². The van der Waals surface area contributed by atoms with Crippen LogP contribution < -0.4 is 15.4 Å². The summed E-state index contributed by atoms with van der Waals surface area (Å²) in [5.41, 5.74) is 2.02. The number of ether oxygens (including phenoxy) is 1. The molecule has 0 aliphatic heterocycles. The largest absolute Gasteiger partial charge is 0.496 e. The number of benzene rings is 2. The molecule has 3 rings (SSSR count). The molecule has 3 aromatic rings. The third kappa shape index (κ3) is 6.22. The lowest BCUT2D eigenvalue weighted by molar-refractivity contribution is 0.380. The molecule has 0 spiro atoms. The average Bonchev–Trinajstić information content (AvgIpc) is 3.23. The van der Waals surface area contributed by atoms with Gasteiger partial charge in [-0.05, 0) is 49.2 Å². The number of guanidine groups is 1. The van der Waals surface area contributed by atoms with Crippen LogP contribution in [0.5, 0.6) is 5.75 Å². The van der Waals surface area contributed by atoms with Crippen LogP contribution in [0.2, 0.25) is 5.02 Å². The predicted molar refractivity (Wildman–Crippen MR) is 119 cm³/mol. The van der Waals surface area contributed by atoms with Crippen molar-refractivity contribution < 1.29 is 9.26 Å². The van der Waals surface area contributed by atoms with Crippen molar-refractivity contribution >= 4 is 17.6 Å². The van der Waals surface area contributed by atoms with Gasteiger partial charge in [0.05, 0.1) is 13.7 Å². The van der Waals surface area contributed by atoms with E-state index in [4.69, 9.17) is 20.9 Å². The van der Waals surface area contributed by atoms with Gasteiger partial charge in [0.15, 0.2) is 5.96 Å². The Morgan fingerprint density at radius 1 is 1.10 bits per heavy atom. The normalized spacial score (nSPS) is 11.4. The molecule has 0 atom stereocenters. The van der Waals surface area contributed by atoms with Crippen molar-refractivity contribution in [2.45, 2.75) is 19.8 Å². The minimum Gasteiger partial charge on any atom is -0.496 e. The number of methoxy groups -OCH3 is 1. The van der Waals surface area contributed by atoms with Crippen molar-refractivity contribution in [2.75, 3.05) is 26.7 Å². The summed E-state index contributed by atoms with van der Waals surface area (Å²) in [5, 5.41) is 11.3. The first-order chi connectivity index (χ1) is 14.7. The summed E-state index contributed by atoms with van der Waals surface area (Å²) < 4.78 is 10.7. The highest BCUT2D eigenvalue weighted by molar-refractivity contribution is 6.30. The molecule has 158 valence electrons. The lowest BCUT2D eigenvalue weighted by Gasteiger charge is -2.12. The quantitative estimate of drug-likeness (QED) is 0.399. The number of hydrogen-bond donors (Lipinski definition) is 2. The maximum atomic E-state index is 5.92. The van der Waals surface area contributed by atoms with Crippen LogP contribution in [-0.2, 0) is 12.8 Å². The van der Waals surface area contributed by atoms with E-state index in [1.807, 2.05) is 37.3 Å². The Labute approximate surface area is 181 Å². The van der Waals surface area contributed by atoms with Crippen molar-refractivity contribution in [2.24, 2.45) is 4.99 Å². The third-order valence-electron chi connectivity index (χ3n) is 4.39. The van der Waals surface area contributed by atoms with Crippen LogP contribution in [0.1, 0.15) is 18.4 Å². The van der Waals surface area contributed by atoms with E-state index in [-0.39, 0.29) is 0 Å². The molecule has 8 heteroatoms. The summed E-state index contributed by atoms with van der Waals surface area (Å²) in [7, 11) is 1.69. The van der Waals surface area contributed by atoms with Gasteiger partial charge in [0.1, 0.15) is 5.75 Å². The van der Waals surface area contributed by atoms with Crippen molar-refractivity contribution in [3.05, 3.63) is 65.0 Å². The maximum Gasteiger partial charge on any atom is 0.228 e. The molecule has 0 fully saturated rings. The number of nitrogens with one attached hydrogen (secondary N) is 2. The van der Waals surface area contributed by atoms with Crippen molar-refractivity contribution in [3.63, 3.8) is 0 Å². The van der Waals surface area contributed by atoms with Crippen LogP contribution in [0, 0.1) is 0 Å². The molecule has 1 heterocycles. The van der Waals surface area contributed by atoms with Gasteiger partial charge in [0.25, 0.3) is 0 Å². The second-order valence-electron chi connectivity index (χ2n) is 6.52. The molecule has 7 nitrogen and oxygen atoms in total. The number of para-hydroxylation sites is 1. The molecule has 0 saturated carbocycles. The molecule has 1 aromatic heterocycles. The lowest BCUT2D eigenvalue weighted by atomic mass is 10.1. The second-order valence-corrected chi connectivity index (χ2v) is 6.95. The molecule has 2 aromatic carbocycles. The van der Waals surface area contributed by atoms with Gasteiger partial charge >= 0.3 is 0 Å². The van der Waals surface area contributed by atoms with Gasteiger partial charge in [-0.15, -0.1) is 0 Å². The Balaban J connectivity index is 1.51. The monoisotopic (exact) mass is 427 g/mol. The van der Waals surface area contributed by atoms with Crippen LogP contribution in [0.4, 0.5) is 0 Å². The fourth-order valence-electron chi connectivity index (χ4n) is 2.90. The first kappa shape index (κ1) is 21.6. The number of rotatable bonds is 9. The zero-order chi connectivity index (χ0) is 21.2. The molecular formula is C22H26ClN5O2. The smallest absolute Gasteiger partial charge is 0.228 e. The molecule has 0 saturated heterocycles. The van der Waals surface area contributed by atoms with Gasteiger partial charge in [-0.1, -0.05) is 35.0 Å².